The van der Waals surface area contributed by atoms with Gasteiger partial charge in [-0.2, -0.15) is 0 Å². The van der Waals surface area contributed by atoms with E-state index in [-0.39, 0.29) is 18.9 Å². The molecule has 1 aliphatic carbocycles. The second-order valence-electron chi connectivity index (χ2n) is 3.31. The molecule has 1 saturated carbocycles. The molecule has 0 aromatic rings. The van der Waals surface area contributed by atoms with E-state index in [0.29, 0.717) is 6.42 Å². The number of aliphatic hydroxyl groups excluding tert-OH is 1. The average molecular weight is 164 g/mol. The maximum atomic E-state index is 12.9. The number of alkyl halides is 2. The highest BCUT2D eigenvalue weighted by Crippen LogP contribution is 2.33. The minimum Gasteiger partial charge on any atom is -0.396 e. The van der Waals surface area contributed by atoms with Crippen molar-refractivity contribution in [1.82, 2.24) is 0 Å². The lowest BCUT2D eigenvalue weighted by atomic mass is 9.78. The molecule has 0 spiro atoms. The van der Waals surface area contributed by atoms with Crippen LogP contribution in [0, 0.1) is 11.8 Å². The molecule has 0 radical (unpaired) electrons. The SMILES string of the molecule is C[C@@H]1C(F)CCC(F)C1CO. The van der Waals surface area contributed by atoms with Gasteiger partial charge in [-0.25, -0.2) is 8.78 Å². The highest BCUT2D eigenvalue weighted by molar-refractivity contribution is 4.84. The molecule has 11 heavy (non-hydrogen) atoms. The van der Waals surface area contributed by atoms with Gasteiger partial charge in [-0.05, 0) is 18.8 Å². The summed E-state index contributed by atoms with van der Waals surface area (Å²) < 4.78 is 25.9. The normalized spacial score (nSPS) is 45.8. The lowest BCUT2D eigenvalue weighted by Gasteiger charge is -2.33. The Morgan fingerprint density at radius 1 is 1.27 bits per heavy atom. The second-order valence-corrected chi connectivity index (χ2v) is 3.31. The molecule has 0 saturated heterocycles. The van der Waals surface area contributed by atoms with E-state index < -0.39 is 18.3 Å². The van der Waals surface area contributed by atoms with Crippen molar-refractivity contribution >= 4 is 0 Å². The summed E-state index contributed by atoms with van der Waals surface area (Å²) in [5.41, 5.74) is 0. The maximum Gasteiger partial charge on any atom is 0.106 e. The van der Waals surface area contributed by atoms with Crippen molar-refractivity contribution in [3.63, 3.8) is 0 Å². The summed E-state index contributed by atoms with van der Waals surface area (Å²) in [7, 11) is 0. The molecule has 1 N–H and O–H groups in total. The summed E-state index contributed by atoms with van der Waals surface area (Å²) in [5.74, 6) is -0.817. The molecule has 1 nitrogen and oxygen atoms in total. The van der Waals surface area contributed by atoms with Gasteiger partial charge in [0.15, 0.2) is 0 Å². The number of hydrogen-bond donors (Lipinski definition) is 1. The molecular weight excluding hydrogens is 150 g/mol. The minimum absolute atomic E-state index is 0.233. The predicted molar refractivity (Wildman–Crippen MR) is 38.8 cm³/mol. The second kappa shape index (κ2) is 3.48. The third-order valence-electron chi connectivity index (χ3n) is 2.64. The van der Waals surface area contributed by atoms with Crippen LogP contribution in [0.3, 0.4) is 0 Å². The number of hydrogen-bond acceptors (Lipinski definition) is 1. The summed E-state index contributed by atoms with van der Waals surface area (Å²) >= 11 is 0. The smallest absolute Gasteiger partial charge is 0.106 e. The third-order valence-corrected chi connectivity index (χ3v) is 2.64. The third kappa shape index (κ3) is 1.70. The van der Waals surface area contributed by atoms with Gasteiger partial charge in [-0.3, -0.25) is 0 Å². The first-order valence-electron chi connectivity index (χ1n) is 4.05. The van der Waals surface area contributed by atoms with Gasteiger partial charge in [0.2, 0.25) is 0 Å². The lowest BCUT2D eigenvalue weighted by molar-refractivity contribution is 0.0134. The maximum absolute atomic E-state index is 12.9. The van der Waals surface area contributed by atoms with Gasteiger partial charge in [0.25, 0.3) is 0 Å². The van der Waals surface area contributed by atoms with Crippen LogP contribution in [-0.4, -0.2) is 24.1 Å². The zero-order valence-electron chi connectivity index (χ0n) is 6.63. The van der Waals surface area contributed by atoms with E-state index in [4.69, 9.17) is 5.11 Å². The standard InChI is InChI=1S/C8H14F2O/c1-5-6(4-11)8(10)3-2-7(5)9/h5-8,11H,2-4H2,1H3/t5-,6?,7?,8?/m0/s1. The van der Waals surface area contributed by atoms with Gasteiger partial charge < -0.3 is 5.11 Å². The molecule has 4 atom stereocenters. The zero-order valence-corrected chi connectivity index (χ0v) is 6.63. The fourth-order valence-corrected chi connectivity index (χ4v) is 1.67. The fourth-order valence-electron chi connectivity index (χ4n) is 1.67. The van der Waals surface area contributed by atoms with Crippen LogP contribution in [-0.2, 0) is 0 Å². The first-order valence-corrected chi connectivity index (χ1v) is 4.05. The van der Waals surface area contributed by atoms with Crippen LogP contribution in [0.2, 0.25) is 0 Å². The Labute approximate surface area is 65.4 Å². The molecule has 0 amide bonds. The van der Waals surface area contributed by atoms with Crippen LogP contribution in [0.15, 0.2) is 0 Å². The van der Waals surface area contributed by atoms with Crippen LogP contribution in [0.25, 0.3) is 0 Å². The van der Waals surface area contributed by atoms with Crippen LogP contribution < -0.4 is 0 Å². The van der Waals surface area contributed by atoms with Crippen molar-refractivity contribution in [1.29, 1.82) is 0 Å². The summed E-state index contributed by atoms with van der Waals surface area (Å²) in [4.78, 5) is 0. The van der Waals surface area contributed by atoms with Crippen molar-refractivity contribution in [2.75, 3.05) is 6.61 Å². The quantitative estimate of drug-likeness (QED) is 0.625. The molecular formula is C8H14F2O. The van der Waals surface area contributed by atoms with Crippen molar-refractivity contribution in [2.24, 2.45) is 11.8 Å². The topological polar surface area (TPSA) is 20.2 Å². The molecule has 1 rings (SSSR count). The first kappa shape index (κ1) is 8.91. The van der Waals surface area contributed by atoms with Gasteiger partial charge in [-0.1, -0.05) is 6.92 Å². The summed E-state index contributed by atoms with van der Waals surface area (Å²) in [6, 6.07) is 0. The zero-order chi connectivity index (χ0) is 8.43. The summed E-state index contributed by atoms with van der Waals surface area (Å²) in [6.07, 6.45) is -1.38. The van der Waals surface area contributed by atoms with Crippen molar-refractivity contribution in [3.8, 4) is 0 Å². The van der Waals surface area contributed by atoms with Crippen LogP contribution in [0.1, 0.15) is 19.8 Å². The van der Waals surface area contributed by atoms with Crippen molar-refractivity contribution in [3.05, 3.63) is 0 Å². The largest absolute Gasteiger partial charge is 0.396 e. The molecule has 1 aliphatic rings. The van der Waals surface area contributed by atoms with E-state index in [1.807, 2.05) is 0 Å². The molecule has 0 aliphatic heterocycles. The Morgan fingerprint density at radius 2 is 1.82 bits per heavy atom. The van der Waals surface area contributed by atoms with Crippen LogP contribution >= 0.6 is 0 Å². The lowest BCUT2D eigenvalue weighted by Crippen LogP contribution is -2.37. The monoisotopic (exact) mass is 164 g/mol. The van der Waals surface area contributed by atoms with Crippen LogP contribution in [0.5, 0.6) is 0 Å². The Bertz CT molecular complexity index is 129. The van der Waals surface area contributed by atoms with Crippen LogP contribution in [0.4, 0.5) is 8.78 Å². The minimum atomic E-state index is -1.01. The van der Waals surface area contributed by atoms with Crippen molar-refractivity contribution in [2.45, 2.75) is 32.1 Å². The van der Waals surface area contributed by atoms with Crippen molar-refractivity contribution < 1.29 is 13.9 Å². The van der Waals surface area contributed by atoms with E-state index in [2.05, 4.69) is 0 Å². The van der Waals surface area contributed by atoms with Gasteiger partial charge in [-0.15, -0.1) is 0 Å². The fraction of sp³-hybridized carbons (Fsp3) is 1.00. The van der Waals surface area contributed by atoms with E-state index >= 15 is 0 Å². The van der Waals surface area contributed by atoms with Gasteiger partial charge >= 0.3 is 0 Å². The van der Waals surface area contributed by atoms with E-state index in [1.54, 1.807) is 6.92 Å². The number of aliphatic hydroxyl groups is 1. The van der Waals surface area contributed by atoms with E-state index in [1.165, 1.54) is 0 Å². The number of halogens is 2. The summed E-state index contributed by atoms with van der Waals surface area (Å²) in [5, 5.41) is 8.74. The molecule has 0 bridgehead atoms. The first-order chi connectivity index (χ1) is 5.16. The van der Waals surface area contributed by atoms with Gasteiger partial charge in [0, 0.05) is 12.5 Å². The molecule has 0 aromatic carbocycles. The molecule has 1 fully saturated rings. The molecule has 0 aromatic heterocycles. The van der Waals surface area contributed by atoms with E-state index in [9.17, 15) is 8.78 Å². The molecule has 66 valence electrons. The average Bonchev–Trinajstić information content (AvgIpc) is 1.99. The highest BCUT2D eigenvalue weighted by Gasteiger charge is 2.36. The van der Waals surface area contributed by atoms with E-state index in [0.717, 1.165) is 0 Å². The Morgan fingerprint density at radius 3 is 2.27 bits per heavy atom. The molecule has 3 heteroatoms. The molecule has 0 heterocycles. The molecule has 3 unspecified atom stereocenters. The Balaban J connectivity index is 2.55. The highest BCUT2D eigenvalue weighted by atomic mass is 19.1. The Hall–Kier alpha value is -0.180. The Kier molecular flexibility index (Phi) is 2.82. The van der Waals surface area contributed by atoms with Gasteiger partial charge in [0.05, 0.1) is 0 Å². The predicted octanol–water partition coefficient (Wildman–Crippen LogP) is 1.70. The van der Waals surface area contributed by atoms with Gasteiger partial charge in [0.1, 0.15) is 12.3 Å². The summed E-state index contributed by atoms with van der Waals surface area (Å²) in [6.45, 7) is 1.43. The number of rotatable bonds is 1.